The van der Waals surface area contributed by atoms with Gasteiger partial charge in [-0.1, -0.05) is 17.7 Å². The van der Waals surface area contributed by atoms with Crippen LogP contribution in [0.15, 0.2) is 40.8 Å². The van der Waals surface area contributed by atoms with Gasteiger partial charge in [0, 0.05) is 24.9 Å². The first-order valence-corrected chi connectivity index (χ1v) is 9.49. The van der Waals surface area contributed by atoms with Crippen molar-refractivity contribution >= 4 is 5.91 Å². The number of nitrogens with one attached hydrogen (secondary N) is 1. The zero-order valence-electron chi connectivity index (χ0n) is 17.5. The third kappa shape index (κ3) is 5.08. The monoisotopic (exact) mass is 411 g/mol. The van der Waals surface area contributed by atoms with E-state index in [9.17, 15) is 4.79 Å². The lowest BCUT2D eigenvalue weighted by atomic mass is 10.1. The molecule has 0 aliphatic heterocycles. The lowest BCUT2D eigenvalue weighted by molar-refractivity contribution is -0.121. The van der Waals surface area contributed by atoms with Crippen molar-refractivity contribution in [1.82, 2.24) is 15.5 Å². The van der Waals surface area contributed by atoms with Crippen molar-refractivity contribution < 1.29 is 23.4 Å². The van der Waals surface area contributed by atoms with Gasteiger partial charge in [0.05, 0.1) is 21.3 Å². The summed E-state index contributed by atoms with van der Waals surface area (Å²) in [7, 11) is 4.65. The molecule has 0 bridgehead atoms. The lowest BCUT2D eigenvalue weighted by Crippen LogP contribution is -2.23. The molecule has 8 nitrogen and oxygen atoms in total. The highest BCUT2D eigenvalue weighted by Crippen LogP contribution is 2.38. The molecule has 0 unspecified atom stereocenters. The number of carbonyl (C=O) groups is 1. The molecule has 1 aromatic heterocycles. The van der Waals surface area contributed by atoms with E-state index in [4.69, 9.17) is 18.6 Å². The van der Waals surface area contributed by atoms with Crippen molar-refractivity contribution in [2.24, 2.45) is 0 Å². The number of benzene rings is 2. The van der Waals surface area contributed by atoms with Gasteiger partial charge in [-0.2, -0.15) is 0 Å². The van der Waals surface area contributed by atoms with Crippen molar-refractivity contribution in [1.29, 1.82) is 0 Å². The Morgan fingerprint density at radius 2 is 1.67 bits per heavy atom. The maximum atomic E-state index is 12.2. The number of hydrogen-bond donors (Lipinski definition) is 1. The summed E-state index contributed by atoms with van der Waals surface area (Å²) < 4.78 is 21.6. The fraction of sp³-hybridized carbons (Fsp3) is 0.318. The SMILES string of the molecule is COc1cc(CNC(=O)CCc2nnc(-c3ccc(C)cc3)o2)cc(OC)c1OC. The van der Waals surface area contributed by atoms with Gasteiger partial charge in [0.2, 0.25) is 23.4 Å². The average Bonchev–Trinajstić information content (AvgIpc) is 3.24. The van der Waals surface area contributed by atoms with E-state index in [2.05, 4.69) is 15.5 Å². The molecule has 1 heterocycles. The normalized spacial score (nSPS) is 10.5. The summed E-state index contributed by atoms with van der Waals surface area (Å²) in [6.07, 6.45) is 0.597. The lowest BCUT2D eigenvalue weighted by Gasteiger charge is -2.14. The Bertz CT molecular complexity index is 973. The minimum Gasteiger partial charge on any atom is -0.493 e. The zero-order valence-corrected chi connectivity index (χ0v) is 17.5. The summed E-state index contributed by atoms with van der Waals surface area (Å²) in [5.41, 5.74) is 2.84. The van der Waals surface area contributed by atoms with Crippen molar-refractivity contribution in [3.63, 3.8) is 0 Å². The van der Waals surface area contributed by atoms with E-state index in [0.29, 0.717) is 42.0 Å². The van der Waals surface area contributed by atoms with Gasteiger partial charge in [-0.15, -0.1) is 10.2 Å². The highest BCUT2D eigenvalue weighted by atomic mass is 16.5. The molecule has 1 amide bonds. The van der Waals surface area contributed by atoms with Crippen molar-refractivity contribution in [2.45, 2.75) is 26.3 Å². The Morgan fingerprint density at radius 1 is 1.00 bits per heavy atom. The summed E-state index contributed by atoms with van der Waals surface area (Å²) in [5, 5.41) is 11.0. The Labute approximate surface area is 175 Å². The van der Waals surface area contributed by atoms with Gasteiger partial charge in [0.15, 0.2) is 11.5 Å². The summed E-state index contributed by atoms with van der Waals surface area (Å²) in [4.78, 5) is 12.2. The fourth-order valence-corrected chi connectivity index (χ4v) is 2.91. The van der Waals surface area contributed by atoms with Crippen LogP contribution < -0.4 is 19.5 Å². The maximum absolute atomic E-state index is 12.2. The number of carbonyl (C=O) groups excluding carboxylic acids is 1. The van der Waals surface area contributed by atoms with Gasteiger partial charge in [-0.05, 0) is 36.8 Å². The van der Waals surface area contributed by atoms with Crippen molar-refractivity contribution in [3.05, 3.63) is 53.4 Å². The Morgan fingerprint density at radius 3 is 2.27 bits per heavy atom. The van der Waals surface area contributed by atoms with E-state index in [0.717, 1.165) is 16.7 Å². The molecule has 0 saturated heterocycles. The number of methoxy groups -OCH3 is 3. The van der Waals surface area contributed by atoms with Crippen LogP contribution in [0.4, 0.5) is 0 Å². The van der Waals surface area contributed by atoms with Crippen LogP contribution in [0.25, 0.3) is 11.5 Å². The maximum Gasteiger partial charge on any atom is 0.247 e. The van der Waals surface area contributed by atoms with E-state index >= 15 is 0 Å². The molecule has 0 aliphatic carbocycles. The number of hydrogen-bond acceptors (Lipinski definition) is 7. The van der Waals surface area contributed by atoms with Crippen LogP contribution in [0.5, 0.6) is 17.2 Å². The molecule has 2 aromatic carbocycles. The quantitative estimate of drug-likeness (QED) is 0.577. The number of aromatic nitrogens is 2. The van der Waals surface area contributed by atoms with E-state index in [1.54, 1.807) is 33.5 Å². The van der Waals surface area contributed by atoms with Crippen LogP contribution in [0.3, 0.4) is 0 Å². The van der Waals surface area contributed by atoms with Gasteiger partial charge in [-0.25, -0.2) is 0 Å². The predicted molar refractivity (Wildman–Crippen MR) is 111 cm³/mol. The van der Waals surface area contributed by atoms with Crippen LogP contribution in [0.1, 0.15) is 23.4 Å². The largest absolute Gasteiger partial charge is 0.493 e. The molecule has 0 fully saturated rings. The van der Waals surface area contributed by atoms with Crippen molar-refractivity contribution in [2.75, 3.05) is 21.3 Å². The molecule has 0 saturated carbocycles. The molecule has 1 N–H and O–H groups in total. The third-order valence-electron chi connectivity index (χ3n) is 4.55. The average molecular weight is 411 g/mol. The molecule has 0 aliphatic rings. The van der Waals surface area contributed by atoms with Crippen LogP contribution in [0.2, 0.25) is 0 Å². The Balaban J connectivity index is 1.55. The summed E-state index contributed by atoms with van der Waals surface area (Å²) in [6, 6.07) is 11.4. The first-order chi connectivity index (χ1) is 14.5. The molecular formula is C22H25N3O5. The topological polar surface area (TPSA) is 95.7 Å². The number of ether oxygens (including phenoxy) is 3. The summed E-state index contributed by atoms with van der Waals surface area (Å²) in [6.45, 7) is 2.34. The summed E-state index contributed by atoms with van der Waals surface area (Å²) in [5.74, 6) is 2.33. The van der Waals surface area contributed by atoms with Gasteiger partial charge >= 0.3 is 0 Å². The van der Waals surface area contributed by atoms with Gasteiger partial charge in [0.1, 0.15) is 0 Å². The molecule has 3 aromatic rings. The second-order valence-electron chi connectivity index (χ2n) is 6.68. The van der Waals surface area contributed by atoms with E-state index in [1.807, 2.05) is 31.2 Å². The molecular weight excluding hydrogens is 386 g/mol. The van der Waals surface area contributed by atoms with Gasteiger partial charge < -0.3 is 23.9 Å². The minimum absolute atomic E-state index is 0.126. The Hall–Kier alpha value is -3.55. The molecule has 0 radical (unpaired) electrons. The van der Waals surface area contributed by atoms with E-state index in [1.165, 1.54) is 0 Å². The van der Waals surface area contributed by atoms with Crippen LogP contribution in [0, 0.1) is 6.92 Å². The number of aryl methyl sites for hydroxylation is 2. The molecule has 30 heavy (non-hydrogen) atoms. The van der Waals surface area contributed by atoms with Crippen LogP contribution >= 0.6 is 0 Å². The van der Waals surface area contributed by atoms with Gasteiger partial charge in [0.25, 0.3) is 0 Å². The second kappa shape index (κ2) is 9.78. The van der Waals surface area contributed by atoms with E-state index in [-0.39, 0.29) is 12.3 Å². The van der Waals surface area contributed by atoms with Crippen LogP contribution in [-0.2, 0) is 17.8 Å². The highest BCUT2D eigenvalue weighted by molar-refractivity contribution is 5.76. The summed E-state index contributed by atoms with van der Waals surface area (Å²) >= 11 is 0. The number of amides is 1. The van der Waals surface area contributed by atoms with E-state index < -0.39 is 0 Å². The standard InChI is InChI=1S/C22H25N3O5/c1-14-5-7-16(8-6-14)22-25-24-20(30-22)10-9-19(26)23-13-15-11-17(27-2)21(29-4)18(12-15)28-3/h5-8,11-12H,9-10,13H2,1-4H3,(H,23,26). The van der Waals surface area contributed by atoms with Gasteiger partial charge in [-0.3, -0.25) is 4.79 Å². The third-order valence-corrected chi connectivity index (χ3v) is 4.55. The highest BCUT2D eigenvalue weighted by Gasteiger charge is 2.14. The molecule has 0 spiro atoms. The van der Waals surface area contributed by atoms with Crippen molar-refractivity contribution in [3.8, 4) is 28.7 Å². The Kier molecular flexibility index (Phi) is 6.90. The molecule has 0 atom stereocenters. The minimum atomic E-state index is -0.126. The second-order valence-corrected chi connectivity index (χ2v) is 6.68. The fourth-order valence-electron chi connectivity index (χ4n) is 2.91. The smallest absolute Gasteiger partial charge is 0.247 e. The number of nitrogens with zero attached hydrogens (tertiary/aromatic N) is 2. The van der Waals surface area contributed by atoms with Crippen LogP contribution in [-0.4, -0.2) is 37.4 Å². The number of rotatable bonds is 9. The predicted octanol–water partition coefficient (Wildman–Crippen LogP) is 3.32. The first kappa shape index (κ1) is 21.2. The molecule has 3 rings (SSSR count). The molecule has 8 heteroatoms. The first-order valence-electron chi connectivity index (χ1n) is 9.49. The molecule has 158 valence electrons. The zero-order chi connectivity index (χ0) is 21.5.